The summed E-state index contributed by atoms with van der Waals surface area (Å²) in [4.78, 5) is 27.7. The van der Waals surface area contributed by atoms with Crippen LogP contribution in [0.15, 0.2) is 35.5 Å². The molecule has 0 spiro atoms. The van der Waals surface area contributed by atoms with Crippen molar-refractivity contribution in [1.82, 2.24) is 19.5 Å². The summed E-state index contributed by atoms with van der Waals surface area (Å²) >= 11 is 0. The molecule has 0 N–H and O–H groups in total. The topological polar surface area (TPSA) is 91.6 Å². The Kier molecular flexibility index (Phi) is 5.80. The number of anilines is 1. The van der Waals surface area contributed by atoms with Gasteiger partial charge < -0.3 is 23.7 Å². The lowest BCUT2D eigenvalue weighted by Crippen LogP contribution is -2.42. The van der Waals surface area contributed by atoms with Gasteiger partial charge in [-0.15, -0.1) is 0 Å². The smallest absolute Gasteiger partial charge is 0.316 e. The second kappa shape index (κ2) is 9.11. The van der Waals surface area contributed by atoms with E-state index in [4.69, 9.17) is 14.2 Å². The first-order chi connectivity index (χ1) is 17.0. The number of hydrogen-bond donors (Lipinski definition) is 0. The normalized spacial score (nSPS) is 26.2. The Hall–Kier alpha value is -3.20. The molecule has 1 aliphatic carbocycles. The highest BCUT2D eigenvalue weighted by Gasteiger charge is 2.34. The van der Waals surface area contributed by atoms with Crippen LogP contribution in [-0.2, 0) is 11.8 Å². The molecule has 35 heavy (non-hydrogen) atoms. The fraction of sp³-hybridized carbons (Fsp3) is 0.538. The van der Waals surface area contributed by atoms with Gasteiger partial charge in [0.1, 0.15) is 17.4 Å². The fourth-order valence-corrected chi connectivity index (χ4v) is 5.47. The van der Waals surface area contributed by atoms with Crippen LogP contribution < -0.4 is 19.9 Å². The monoisotopic (exact) mass is 477 g/mol. The second-order valence-corrected chi connectivity index (χ2v) is 10.0. The summed E-state index contributed by atoms with van der Waals surface area (Å²) in [6, 6.07) is 4.58. The number of fused-ring (bicyclic) bond motifs is 3. The van der Waals surface area contributed by atoms with Crippen LogP contribution in [0.1, 0.15) is 44.1 Å². The van der Waals surface area contributed by atoms with Crippen LogP contribution in [0.4, 0.5) is 5.69 Å². The van der Waals surface area contributed by atoms with Crippen LogP contribution >= 0.6 is 0 Å². The number of morpholine rings is 1. The summed E-state index contributed by atoms with van der Waals surface area (Å²) in [6.07, 6.45) is 11.3. The van der Waals surface area contributed by atoms with Gasteiger partial charge in [-0.25, -0.2) is 15.0 Å². The Morgan fingerprint density at radius 3 is 2.23 bits per heavy atom. The maximum Gasteiger partial charge on any atom is 0.316 e. The summed E-state index contributed by atoms with van der Waals surface area (Å²) in [7, 11) is 1.78. The summed E-state index contributed by atoms with van der Waals surface area (Å²) in [5, 5.41) is 0. The first-order valence-corrected chi connectivity index (χ1v) is 12.5. The minimum absolute atomic E-state index is 0.0448. The highest BCUT2D eigenvalue weighted by Crippen LogP contribution is 2.36. The number of benzene rings is 1. The van der Waals surface area contributed by atoms with Gasteiger partial charge in [-0.05, 0) is 57.1 Å². The molecule has 2 aromatic heterocycles. The first kappa shape index (κ1) is 22.3. The van der Waals surface area contributed by atoms with E-state index < -0.39 is 0 Å². The number of rotatable bonds is 5. The van der Waals surface area contributed by atoms with Gasteiger partial charge in [-0.1, -0.05) is 0 Å². The molecule has 0 amide bonds. The third-order valence-electron chi connectivity index (χ3n) is 7.37. The van der Waals surface area contributed by atoms with E-state index in [2.05, 4.69) is 32.0 Å². The molecule has 2 bridgehead atoms. The minimum atomic E-state index is -0.144. The Balaban J connectivity index is 1.21. The third kappa shape index (κ3) is 4.57. The van der Waals surface area contributed by atoms with Crippen molar-refractivity contribution < 1.29 is 14.2 Å². The van der Waals surface area contributed by atoms with E-state index in [9.17, 15) is 4.79 Å². The molecular weight excluding hydrogens is 446 g/mol. The van der Waals surface area contributed by atoms with Crippen molar-refractivity contribution in [3.63, 3.8) is 0 Å². The summed E-state index contributed by atoms with van der Waals surface area (Å²) < 4.78 is 20.2. The summed E-state index contributed by atoms with van der Waals surface area (Å²) in [6.45, 7) is 3.70. The Morgan fingerprint density at radius 2 is 1.54 bits per heavy atom. The maximum atomic E-state index is 12.4. The highest BCUT2D eigenvalue weighted by molar-refractivity contribution is 5.86. The van der Waals surface area contributed by atoms with Crippen molar-refractivity contribution in [2.24, 2.45) is 7.05 Å². The van der Waals surface area contributed by atoms with E-state index in [0.717, 1.165) is 79.6 Å². The molecule has 0 radical (unpaired) electrons. The molecule has 2 saturated heterocycles. The molecule has 9 nitrogen and oxygen atoms in total. The van der Waals surface area contributed by atoms with Crippen LogP contribution in [0.5, 0.6) is 11.8 Å². The predicted molar refractivity (Wildman–Crippen MR) is 131 cm³/mol. The SMILES string of the molecule is Cc1cnc(O[C@H]2CC[C@@H](Oc3cc(N4CC5CCC(C4)O5)cc4ncc(=O)n(C)c34)CC2)nc1. The van der Waals surface area contributed by atoms with Crippen molar-refractivity contribution in [3.8, 4) is 11.8 Å². The van der Waals surface area contributed by atoms with Crippen molar-refractivity contribution in [1.29, 1.82) is 0 Å². The van der Waals surface area contributed by atoms with Crippen LogP contribution in [-0.4, -0.2) is 57.0 Å². The molecule has 2 atom stereocenters. The second-order valence-electron chi connectivity index (χ2n) is 10.0. The van der Waals surface area contributed by atoms with Crippen LogP contribution in [0, 0.1) is 6.92 Å². The summed E-state index contributed by atoms with van der Waals surface area (Å²) in [5.41, 5.74) is 3.45. The highest BCUT2D eigenvalue weighted by atomic mass is 16.5. The standard InChI is InChI=1S/C26H31N5O4/c1-16-11-28-26(29-12-16)35-19-5-3-18(4-6-19)34-23-10-17(31-14-20-7-8-21(15-31)33-20)9-22-25(23)30(2)24(32)13-27-22/h9-13,18-21H,3-8,14-15H2,1-2H3/t18-,19+,20?,21?. The molecule has 6 rings (SSSR count). The van der Waals surface area contributed by atoms with Crippen LogP contribution in [0.3, 0.4) is 0 Å². The molecule has 3 fully saturated rings. The van der Waals surface area contributed by atoms with E-state index >= 15 is 0 Å². The maximum absolute atomic E-state index is 12.4. The van der Waals surface area contributed by atoms with Gasteiger partial charge in [0.2, 0.25) is 0 Å². The van der Waals surface area contributed by atoms with Crippen molar-refractivity contribution in [3.05, 3.63) is 46.6 Å². The third-order valence-corrected chi connectivity index (χ3v) is 7.37. The minimum Gasteiger partial charge on any atom is -0.488 e. The first-order valence-electron chi connectivity index (χ1n) is 12.5. The molecule has 2 aliphatic heterocycles. The van der Waals surface area contributed by atoms with E-state index in [1.54, 1.807) is 24.0 Å². The average Bonchev–Trinajstić information content (AvgIpc) is 3.21. The lowest BCUT2D eigenvalue weighted by molar-refractivity contribution is 0.0304. The van der Waals surface area contributed by atoms with Crippen LogP contribution in [0.25, 0.3) is 11.0 Å². The molecule has 3 aromatic rings. The summed E-state index contributed by atoms with van der Waals surface area (Å²) in [5.74, 6) is 0.718. The van der Waals surface area contributed by atoms with Crippen molar-refractivity contribution >= 4 is 16.7 Å². The van der Waals surface area contributed by atoms with Crippen molar-refractivity contribution in [2.75, 3.05) is 18.0 Å². The zero-order valence-electron chi connectivity index (χ0n) is 20.2. The van der Waals surface area contributed by atoms with Gasteiger partial charge in [0.05, 0.1) is 30.0 Å². The van der Waals surface area contributed by atoms with Gasteiger partial charge in [-0.3, -0.25) is 4.79 Å². The fourth-order valence-electron chi connectivity index (χ4n) is 5.47. The van der Waals surface area contributed by atoms with E-state index in [0.29, 0.717) is 6.01 Å². The molecule has 184 valence electrons. The quantitative estimate of drug-likeness (QED) is 0.553. The van der Waals surface area contributed by atoms with E-state index in [-0.39, 0.29) is 30.0 Å². The molecule has 1 saturated carbocycles. The lowest BCUT2D eigenvalue weighted by Gasteiger charge is -2.34. The number of ether oxygens (including phenoxy) is 3. The Morgan fingerprint density at radius 1 is 0.886 bits per heavy atom. The van der Waals surface area contributed by atoms with Gasteiger partial charge >= 0.3 is 6.01 Å². The molecular formula is C26H31N5O4. The Bertz CT molecular complexity index is 1260. The van der Waals surface area contributed by atoms with E-state index in [1.165, 1.54) is 6.20 Å². The van der Waals surface area contributed by atoms with Crippen molar-refractivity contribution in [2.45, 2.75) is 69.9 Å². The number of hydrogen-bond acceptors (Lipinski definition) is 8. The molecule has 2 unspecified atom stereocenters. The average molecular weight is 478 g/mol. The van der Waals surface area contributed by atoms with E-state index in [1.807, 2.05) is 6.92 Å². The van der Waals surface area contributed by atoms with Gasteiger partial charge in [0.15, 0.2) is 0 Å². The number of nitrogens with zero attached hydrogens (tertiary/aromatic N) is 5. The predicted octanol–water partition coefficient (Wildman–Crippen LogP) is 3.17. The number of aryl methyl sites for hydroxylation is 2. The molecule has 4 heterocycles. The number of aromatic nitrogens is 4. The lowest BCUT2D eigenvalue weighted by atomic mass is 9.95. The zero-order valence-corrected chi connectivity index (χ0v) is 20.2. The zero-order chi connectivity index (χ0) is 23.9. The molecule has 9 heteroatoms. The molecule has 1 aromatic carbocycles. The van der Waals surface area contributed by atoms with Gasteiger partial charge in [0.25, 0.3) is 5.56 Å². The molecule has 3 aliphatic rings. The largest absolute Gasteiger partial charge is 0.488 e. The van der Waals surface area contributed by atoms with Crippen LogP contribution in [0.2, 0.25) is 0 Å². The van der Waals surface area contributed by atoms with Gasteiger partial charge in [-0.2, -0.15) is 0 Å². The Labute approximate surface area is 204 Å². The van der Waals surface area contributed by atoms with Gasteiger partial charge in [0, 0.05) is 44.3 Å².